The van der Waals surface area contributed by atoms with Gasteiger partial charge in [-0.2, -0.15) is 5.26 Å². The van der Waals surface area contributed by atoms with E-state index in [1.54, 1.807) is 0 Å². The van der Waals surface area contributed by atoms with Crippen molar-refractivity contribution in [3.63, 3.8) is 0 Å². The third-order valence-corrected chi connectivity index (χ3v) is 2.70. The average Bonchev–Trinajstić information content (AvgIpc) is 1.83. The number of nitriles is 1. The summed E-state index contributed by atoms with van der Waals surface area (Å²) in [6.07, 6.45) is 6.25. The molecule has 0 spiro atoms. The highest BCUT2D eigenvalue weighted by molar-refractivity contribution is 4.90. The Bertz CT molecular complexity index is 204. The minimum Gasteiger partial charge on any atom is -0.421 e. The maximum atomic E-state index is 8.48. The molecule has 1 aliphatic carbocycles. The molecule has 0 heterocycles. The Morgan fingerprint density at radius 2 is 1.92 bits per heavy atom. The van der Waals surface area contributed by atoms with Crippen LogP contribution in [0, 0.1) is 16.9 Å². The third-order valence-electron chi connectivity index (χ3n) is 2.70. The van der Waals surface area contributed by atoms with Crippen LogP contribution < -0.4 is 0 Å². The summed E-state index contributed by atoms with van der Waals surface area (Å²) in [4.78, 5) is 0. The zero-order chi connectivity index (χ0) is 9.24. The molecule has 0 radical (unpaired) electrons. The van der Waals surface area contributed by atoms with Gasteiger partial charge in [0, 0.05) is 0 Å². The van der Waals surface area contributed by atoms with Crippen molar-refractivity contribution in [2.45, 2.75) is 52.1 Å². The predicted octanol–water partition coefficient (Wildman–Crippen LogP) is 2.84. The van der Waals surface area contributed by atoms with Gasteiger partial charge in [0.25, 0.3) is 6.26 Å². The molecule has 0 aromatic heterocycles. The first-order chi connectivity index (χ1) is 5.47. The Morgan fingerprint density at radius 1 is 1.25 bits per heavy atom. The molecule has 1 unspecified atom stereocenters. The van der Waals surface area contributed by atoms with E-state index in [1.807, 2.05) is 13.2 Å². The maximum absolute atomic E-state index is 8.48. The van der Waals surface area contributed by atoms with Gasteiger partial charge in [0.2, 0.25) is 0 Å². The molecule has 2 nitrogen and oxygen atoms in total. The second kappa shape index (κ2) is 2.97. The van der Waals surface area contributed by atoms with Gasteiger partial charge >= 0.3 is 0 Å². The molecule has 0 saturated heterocycles. The van der Waals surface area contributed by atoms with Crippen molar-refractivity contribution in [2.75, 3.05) is 0 Å². The summed E-state index contributed by atoms with van der Waals surface area (Å²) in [7, 11) is 0. The summed E-state index contributed by atoms with van der Waals surface area (Å²) in [6, 6.07) is 0. The number of rotatable bonds is 1. The minimum atomic E-state index is -0.198. The van der Waals surface area contributed by atoms with Crippen LogP contribution in [0.15, 0.2) is 0 Å². The molecule has 2 heteroatoms. The second-order valence-electron chi connectivity index (χ2n) is 4.84. The summed E-state index contributed by atoms with van der Waals surface area (Å²) in [6.45, 7) is 6.52. The van der Waals surface area contributed by atoms with Crippen LogP contribution in [0.5, 0.6) is 0 Å². The summed E-state index contributed by atoms with van der Waals surface area (Å²) in [5.74, 6) is 0. The van der Waals surface area contributed by atoms with Gasteiger partial charge in [-0.1, -0.05) is 13.8 Å². The summed E-state index contributed by atoms with van der Waals surface area (Å²) in [5, 5.41) is 8.48. The average molecular weight is 167 g/mol. The van der Waals surface area contributed by atoms with Crippen LogP contribution in [0.1, 0.15) is 46.5 Å². The van der Waals surface area contributed by atoms with Crippen molar-refractivity contribution in [2.24, 2.45) is 5.41 Å². The highest BCUT2D eigenvalue weighted by Crippen LogP contribution is 2.42. The molecule has 1 saturated carbocycles. The van der Waals surface area contributed by atoms with Crippen LogP contribution in [0.3, 0.4) is 0 Å². The first-order valence-corrected chi connectivity index (χ1v) is 4.55. The summed E-state index contributed by atoms with van der Waals surface area (Å²) in [5.41, 5.74) is 0.139. The monoisotopic (exact) mass is 167 g/mol. The van der Waals surface area contributed by atoms with E-state index in [4.69, 9.17) is 10.00 Å². The molecule has 1 atom stereocenters. The fourth-order valence-electron chi connectivity index (χ4n) is 2.33. The molecule has 0 N–H and O–H groups in total. The molecule has 0 aliphatic heterocycles. The molecule has 0 amide bonds. The lowest BCUT2D eigenvalue weighted by molar-refractivity contribution is -0.0257. The van der Waals surface area contributed by atoms with Gasteiger partial charge in [-0.15, -0.1) is 0 Å². The van der Waals surface area contributed by atoms with Crippen LogP contribution in [0.2, 0.25) is 0 Å². The summed E-state index contributed by atoms with van der Waals surface area (Å²) >= 11 is 0. The Labute approximate surface area is 74.5 Å². The van der Waals surface area contributed by atoms with E-state index in [0.29, 0.717) is 5.41 Å². The van der Waals surface area contributed by atoms with E-state index in [-0.39, 0.29) is 5.60 Å². The molecule has 1 aliphatic rings. The quantitative estimate of drug-likeness (QED) is 0.562. The Morgan fingerprint density at radius 3 is 2.42 bits per heavy atom. The smallest absolute Gasteiger partial charge is 0.286 e. The topological polar surface area (TPSA) is 33.0 Å². The zero-order valence-corrected chi connectivity index (χ0v) is 8.18. The second-order valence-corrected chi connectivity index (χ2v) is 4.84. The van der Waals surface area contributed by atoms with Crippen molar-refractivity contribution < 1.29 is 4.74 Å². The van der Waals surface area contributed by atoms with Crippen LogP contribution in [0.4, 0.5) is 0 Å². The van der Waals surface area contributed by atoms with E-state index in [1.165, 1.54) is 12.8 Å². The number of hydrogen-bond donors (Lipinski definition) is 0. The number of nitrogens with zero attached hydrogens (tertiary/aromatic N) is 1. The normalized spacial score (nSPS) is 33.8. The van der Waals surface area contributed by atoms with Crippen LogP contribution in [-0.4, -0.2) is 5.60 Å². The fourth-order valence-corrected chi connectivity index (χ4v) is 2.33. The third kappa shape index (κ3) is 2.14. The van der Waals surface area contributed by atoms with E-state index in [9.17, 15) is 0 Å². The lowest BCUT2D eigenvalue weighted by Crippen LogP contribution is -2.37. The predicted molar refractivity (Wildman–Crippen MR) is 47.4 cm³/mol. The van der Waals surface area contributed by atoms with Crippen molar-refractivity contribution in [1.82, 2.24) is 0 Å². The standard InChI is InChI=1S/C10H17NO/c1-9(2)5-4-6-10(3,7-9)12-8-11/h4-7H2,1-3H3. The van der Waals surface area contributed by atoms with Gasteiger partial charge in [0.05, 0.1) is 0 Å². The summed E-state index contributed by atoms with van der Waals surface area (Å²) < 4.78 is 5.11. The van der Waals surface area contributed by atoms with E-state index in [0.717, 1.165) is 12.8 Å². The van der Waals surface area contributed by atoms with E-state index < -0.39 is 0 Å². The van der Waals surface area contributed by atoms with Gasteiger partial charge in [0.1, 0.15) is 5.60 Å². The van der Waals surface area contributed by atoms with Gasteiger partial charge in [-0.3, -0.25) is 0 Å². The van der Waals surface area contributed by atoms with Gasteiger partial charge in [0.15, 0.2) is 0 Å². The molecular formula is C10H17NO. The SMILES string of the molecule is CC1(C)CCCC(C)(OC#N)C1. The molecule has 0 bridgehead atoms. The largest absolute Gasteiger partial charge is 0.421 e. The highest BCUT2D eigenvalue weighted by atomic mass is 16.5. The molecule has 68 valence electrons. The Hall–Kier alpha value is -0.710. The van der Waals surface area contributed by atoms with Crippen molar-refractivity contribution in [1.29, 1.82) is 5.26 Å². The van der Waals surface area contributed by atoms with Crippen LogP contribution >= 0.6 is 0 Å². The Balaban J connectivity index is 2.62. The van der Waals surface area contributed by atoms with Crippen LogP contribution in [0.25, 0.3) is 0 Å². The fraction of sp³-hybridized carbons (Fsp3) is 0.900. The lowest BCUT2D eigenvalue weighted by Gasteiger charge is -2.40. The molecular weight excluding hydrogens is 150 g/mol. The maximum Gasteiger partial charge on any atom is 0.286 e. The van der Waals surface area contributed by atoms with Crippen molar-refractivity contribution in [3.05, 3.63) is 0 Å². The molecule has 1 fully saturated rings. The molecule has 1 rings (SSSR count). The number of hydrogen-bond acceptors (Lipinski definition) is 2. The molecule has 0 aromatic carbocycles. The molecule has 0 aromatic rings. The van der Waals surface area contributed by atoms with E-state index >= 15 is 0 Å². The van der Waals surface area contributed by atoms with Crippen LogP contribution in [-0.2, 0) is 4.74 Å². The van der Waals surface area contributed by atoms with Crippen molar-refractivity contribution in [3.8, 4) is 6.26 Å². The van der Waals surface area contributed by atoms with Gasteiger partial charge in [-0.05, 0) is 38.0 Å². The first-order valence-electron chi connectivity index (χ1n) is 4.55. The van der Waals surface area contributed by atoms with Gasteiger partial charge in [-0.25, -0.2) is 0 Å². The zero-order valence-electron chi connectivity index (χ0n) is 8.18. The highest BCUT2D eigenvalue weighted by Gasteiger charge is 2.38. The minimum absolute atomic E-state index is 0.198. The lowest BCUT2D eigenvalue weighted by atomic mass is 9.70. The van der Waals surface area contributed by atoms with Gasteiger partial charge < -0.3 is 4.74 Å². The number of ether oxygens (including phenoxy) is 1. The molecule has 12 heavy (non-hydrogen) atoms. The first kappa shape index (κ1) is 9.38. The van der Waals surface area contributed by atoms with E-state index in [2.05, 4.69) is 13.8 Å². The Kier molecular flexibility index (Phi) is 2.32. The van der Waals surface area contributed by atoms with Crippen molar-refractivity contribution >= 4 is 0 Å².